The van der Waals surface area contributed by atoms with E-state index < -0.39 is 0 Å². The Bertz CT molecular complexity index is 3700. The third-order valence-electron chi connectivity index (χ3n) is 12.7. The molecule has 0 saturated carbocycles. The van der Waals surface area contributed by atoms with Gasteiger partial charge in [-0.15, -0.1) is 0 Å². The normalized spacial score (nSPS) is 13.6. The van der Waals surface area contributed by atoms with Gasteiger partial charge in [-0.1, -0.05) is 159 Å². The molecule has 0 saturated heterocycles. The number of hydrogen-bond acceptors (Lipinski definition) is 3. The van der Waals surface area contributed by atoms with Gasteiger partial charge in [0.1, 0.15) is 11.2 Å². The minimum Gasteiger partial charge on any atom is -0.456 e. The molecule has 0 fully saturated rings. The molecule has 9 aromatic carbocycles. The summed E-state index contributed by atoms with van der Waals surface area (Å²) >= 11 is 0. The third kappa shape index (κ3) is 3.96. The first-order valence-electron chi connectivity index (χ1n) is 19.7. The topological polar surface area (TPSA) is 43.9 Å². The van der Waals surface area contributed by atoms with Crippen LogP contribution >= 0.6 is 0 Å². The summed E-state index contributed by atoms with van der Waals surface area (Å²) in [5, 5.41) is 14.4. The maximum atomic E-state index is 6.47. The standard InChI is InChI=1S/C53H33N3O/c1-53(2)41-23-11-9-20-37(41)48-49(39-22-13-25-44-45(39)38-21-10-12-24-43(38)57-44)54-52(55-51(48)53)56-42-29-28-36-34-18-6-5-16-32(34)33-17-7-8-19-35(33)46(36)47(42)40-27-26-30-14-3-4-15-31(30)50(40)56/h3-29H,1-2H3. The second kappa shape index (κ2) is 10.9. The van der Waals surface area contributed by atoms with Crippen molar-refractivity contribution in [2.24, 2.45) is 0 Å². The van der Waals surface area contributed by atoms with E-state index in [1.807, 2.05) is 12.1 Å². The van der Waals surface area contributed by atoms with E-state index in [-0.39, 0.29) is 5.41 Å². The van der Waals surface area contributed by atoms with Gasteiger partial charge in [0, 0.05) is 48.9 Å². The zero-order valence-corrected chi connectivity index (χ0v) is 31.3. The lowest BCUT2D eigenvalue weighted by molar-refractivity contribution is 0.632. The van der Waals surface area contributed by atoms with Crippen molar-refractivity contribution in [1.82, 2.24) is 14.5 Å². The quantitative estimate of drug-likeness (QED) is 0.167. The first-order chi connectivity index (χ1) is 28.1. The summed E-state index contributed by atoms with van der Waals surface area (Å²) in [6.07, 6.45) is 0. The lowest BCUT2D eigenvalue weighted by atomic mass is 9.85. The molecule has 3 aromatic heterocycles. The number of para-hydroxylation sites is 1. The molecule has 0 amide bonds. The van der Waals surface area contributed by atoms with E-state index >= 15 is 0 Å². The van der Waals surface area contributed by atoms with E-state index in [4.69, 9.17) is 14.4 Å². The van der Waals surface area contributed by atoms with Crippen molar-refractivity contribution in [3.63, 3.8) is 0 Å². The van der Waals surface area contributed by atoms with Gasteiger partial charge >= 0.3 is 0 Å². The van der Waals surface area contributed by atoms with Crippen molar-refractivity contribution in [1.29, 1.82) is 0 Å². The average molecular weight is 728 g/mol. The van der Waals surface area contributed by atoms with Crippen LogP contribution in [0.4, 0.5) is 0 Å². The Labute approximate surface area is 327 Å². The highest BCUT2D eigenvalue weighted by Gasteiger charge is 2.40. The minimum absolute atomic E-state index is 0.368. The lowest BCUT2D eigenvalue weighted by Gasteiger charge is -2.21. The highest BCUT2D eigenvalue weighted by molar-refractivity contribution is 6.36. The molecular formula is C53H33N3O. The van der Waals surface area contributed by atoms with Gasteiger partial charge in [0.2, 0.25) is 5.95 Å². The van der Waals surface area contributed by atoms with Gasteiger partial charge in [-0.3, -0.25) is 4.57 Å². The van der Waals surface area contributed by atoms with Crippen molar-refractivity contribution in [2.75, 3.05) is 0 Å². The molecule has 1 aliphatic carbocycles. The largest absolute Gasteiger partial charge is 0.456 e. The number of nitrogens with zero attached hydrogens (tertiary/aromatic N) is 3. The molecule has 13 rings (SSSR count). The van der Waals surface area contributed by atoms with Crippen molar-refractivity contribution in [3.05, 3.63) is 175 Å². The third-order valence-corrected chi connectivity index (χ3v) is 12.7. The van der Waals surface area contributed by atoms with E-state index in [0.29, 0.717) is 5.95 Å². The van der Waals surface area contributed by atoms with Crippen LogP contribution in [0.1, 0.15) is 25.1 Å². The second-order valence-electron chi connectivity index (χ2n) is 16.0. The predicted octanol–water partition coefficient (Wildman–Crippen LogP) is 14.1. The molecule has 266 valence electrons. The van der Waals surface area contributed by atoms with Crippen molar-refractivity contribution in [3.8, 4) is 28.3 Å². The van der Waals surface area contributed by atoms with E-state index in [1.165, 1.54) is 65.0 Å². The number of benzene rings is 9. The molecule has 0 radical (unpaired) electrons. The molecule has 0 unspecified atom stereocenters. The Morgan fingerprint density at radius 3 is 1.89 bits per heavy atom. The molecule has 0 atom stereocenters. The van der Waals surface area contributed by atoms with Crippen LogP contribution in [-0.4, -0.2) is 14.5 Å². The second-order valence-corrected chi connectivity index (χ2v) is 16.0. The summed E-state index contributed by atoms with van der Waals surface area (Å²) in [4.78, 5) is 11.5. The van der Waals surface area contributed by atoms with Crippen LogP contribution in [0.15, 0.2) is 168 Å². The predicted molar refractivity (Wildman–Crippen MR) is 237 cm³/mol. The number of rotatable bonds is 2. The van der Waals surface area contributed by atoms with Crippen LogP contribution in [0, 0.1) is 0 Å². The van der Waals surface area contributed by atoms with Crippen molar-refractivity contribution < 1.29 is 4.42 Å². The van der Waals surface area contributed by atoms with Gasteiger partial charge in [0.25, 0.3) is 0 Å². The molecule has 4 nitrogen and oxygen atoms in total. The number of aromatic nitrogens is 3. The maximum Gasteiger partial charge on any atom is 0.235 e. The van der Waals surface area contributed by atoms with Crippen molar-refractivity contribution in [2.45, 2.75) is 19.3 Å². The van der Waals surface area contributed by atoms with Gasteiger partial charge in [-0.25, -0.2) is 9.97 Å². The summed E-state index contributed by atoms with van der Waals surface area (Å²) in [5.41, 5.74) is 10.1. The summed E-state index contributed by atoms with van der Waals surface area (Å²) in [5.74, 6) is 0.662. The summed E-state index contributed by atoms with van der Waals surface area (Å²) < 4.78 is 8.82. The maximum absolute atomic E-state index is 6.47. The zero-order chi connectivity index (χ0) is 37.6. The van der Waals surface area contributed by atoms with Crippen molar-refractivity contribution >= 4 is 86.8 Å². The van der Waals surface area contributed by atoms with Crippen LogP contribution in [0.3, 0.4) is 0 Å². The van der Waals surface area contributed by atoms with E-state index in [1.54, 1.807) is 0 Å². The van der Waals surface area contributed by atoms with Gasteiger partial charge in [0.15, 0.2) is 0 Å². The summed E-state index contributed by atoms with van der Waals surface area (Å²) in [6, 6.07) is 59.0. The van der Waals surface area contributed by atoms with Crippen LogP contribution < -0.4 is 0 Å². The molecule has 0 aliphatic heterocycles. The van der Waals surface area contributed by atoms with Crippen LogP contribution in [0.2, 0.25) is 0 Å². The minimum atomic E-state index is -0.368. The molecule has 0 bridgehead atoms. The van der Waals surface area contributed by atoms with Crippen LogP contribution in [-0.2, 0) is 5.41 Å². The number of furan rings is 1. The Kier molecular flexibility index (Phi) is 5.94. The van der Waals surface area contributed by atoms with E-state index in [0.717, 1.165) is 55.5 Å². The fraction of sp³-hybridized carbons (Fsp3) is 0.0566. The van der Waals surface area contributed by atoms with Gasteiger partial charge in [0.05, 0.1) is 22.4 Å². The molecule has 3 heterocycles. The van der Waals surface area contributed by atoms with Gasteiger partial charge < -0.3 is 4.42 Å². The SMILES string of the molecule is CC1(C)c2ccccc2-c2c(-c3cccc4oc5ccccc5c34)nc(-n3c4ccc5c6ccccc6c6ccccc6c5c4c4ccc5ccccc5c43)nc21. The molecule has 12 aromatic rings. The highest BCUT2D eigenvalue weighted by Crippen LogP contribution is 2.53. The monoisotopic (exact) mass is 727 g/mol. The number of hydrogen-bond donors (Lipinski definition) is 0. The Balaban J connectivity index is 1.25. The zero-order valence-electron chi connectivity index (χ0n) is 31.3. The highest BCUT2D eigenvalue weighted by atomic mass is 16.3. The Morgan fingerprint density at radius 1 is 0.456 bits per heavy atom. The first kappa shape index (κ1) is 31.0. The Hall–Kier alpha value is -7.30. The lowest BCUT2D eigenvalue weighted by Crippen LogP contribution is -2.18. The van der Waals surface area contributed by atoms with Gasteiger partial charge in [-0.05, 0) is 61.6 Å². The molecule has 4 heteroatoms. The summed E-state index contributed by atoms with van der Waals surface area (Å²) in [6.45, 7) is 4.61. The Morgan fingerprint density at radius 2 is 1.07 bits per heavy atom. The molecule has 0 spiro atoms. The molecular weight excluding hydrogens is 695 g/mol. The first-order valence-corrected chi connectivity index (χ1v) is 19.7. The fourth-order valence-electron chi connectivity index (χ4n) is 10.3. The van der Waals surface area contributed by atoms with Crippen LogP contribution in [0.25, 0.3) is 115 Å². The number of fused-ring (bicyclic) bond motifs is 18. The fourth-order valence-corrected chi connectivity index (χ4v) is 10.3. The summed E-state index contributed by atoms with van der Waals surface area (Å²) in [7, 11) is 0. The van der Waals surface area contributed by atoms with E-state index in [9.17, 15) is 0 Å². The van der Waals surface area contributed by atoms with Gasteiger partial charge in [-0.2, -0.15) is 0 Å². The average Bonchev–Trinajstić information content (AvgIpc) is 3.89. The smallest absolute Gasteiger partial charge is 0.235 e. The van der Waals surface area contributed by atoms with Crippen LogP contribution in [0.5, 0.6) is 0 Å². The molecule has 0 N–H and O–H groups in total. The molecule has 57 heavy (non-hydrogen) atoms. The van der Waals surface area contributed by atoms with E-state index in [2.05, 4.69) is 170 Å². The molecule has 1 aliphatic rings.